The van der Waals surface area contributed by atoms with Crippen LogP contribution >= 0.6 is 15.9 Å². The minimum Gasteiger partial charge on any atom is -0.508 e. The molecule has 1 nitrogen and oxygen atoms in total. The highest BCUT2D eigenvalue weighted by Gasteiger charge is 2.16. The summed E-state index contributed by atoms with van der Waals surface area (Å²) in [5.41, 5.74) is 2.20. The fraction of sp³-hybridized carbons (Fsp3) is 0. The highest BCUT2D eigenvalue weighted by Crippen LogP contribution is 2.40. The molecule has 0 atom stereocenters. The van der Waals surface area contributed by atoms with Gasteiger partial charge in [-0.2, -0.15) is 0 Å². The van der Waals surface area contributed by atoms with Gasteiger partial charge in [-0.3, -0.25) is 0 Å². The van der Waals surface area contributed by atoms with Crippen molar-refractivity contribution in [2.24, 2.45) is 0 Å². The summed E-state index contributed by atoms with van der Waals surface area (Å²) < 4.78 is 28.3. The zero-order chi connectivity index (χ0) is 15.7. The molecule has 0 bridgehead atoms. The standard InChI is InChI=1S/C18H11BrF2O/c19-18-16(21)10-9-14(13-3-1-2-4-15(13)20)17(18)11-5-7-12(22)8-6-11/h1-10,22H. The van der Waals surface area contributed by atoms with Crippen molar-refractivity contribution in [3.8, 4) is 28.0 Å². The molecule has 0 heterocycles. The summed E-state index contributed by atoms with van der Waals surface area (Å²) in [4.78, 5) is 0. The van der Waals surface area contributed by atoms with Crippen LogP contribution in [0.15, 0.2) is 65.1 Å². The maximum Gasteiger partial charge on any atom is 0.138 e. The number of rotatable bonds is 2. The molecule has 1 N–H and O–H groups in total. The van der Waals surface area contributed by atoms with Crippen LogP contribution in [0.1, 0.15) is 0 Å². The summed E-state index contributed by atoms with van der Waals surface area (Å²) >= 11 is 3.25. The van der Waals surface area contributed by atoms with E-state index < -0.39 is 5.82 Å². The predicted octanol–water partition coefficient (Wildman–Crippen LogP) is 5.77. The Morgan fingerprint density at radius 1 is 0.727 bits per heavy atom. The van der Waals surface area contributed by atoms with Crippen molar-refractivity contribution in [2.45, 2.75) is 0 Å². The summed E-state index contributed by atoms with van der Waals surface area (Å²) in [6.07, 6.45) is 0. The van der Waals surface area contributed by atoms with Crippen LogP contribution in [0.4, 0.5) is 8.78 Å². The maximum absolute atomic E-state index is 14.1. The number of halogens is 3. The molecule has 0 unspecified atom stereocenters. The summed E-state index contributed by atoms with van der Waals surface area (Å²) in [5.74, 6) is -0.687. The van der Waals surface area contributed by atoms with Crippen LogP contribution in [0.2, 0.25) is 0 Å². The van der Waals surface area contributed by atoms with Crippen molar-refractivity contribution in [3.05, 3.63) is 76.8 Å². The van der Waals surface area contributed by atoms with Crippen LogP contribution in [-0.2, 0) is 0 Å². The van der Waals surface area contributed by atoms with Gasteiger partial charge in [0.25, 0.3) is 0 Å². The van der Waals surface area contributed by atoms with Gasteiger partial charge < -0.3 is 5.11 Å². The predicted molar refractivity (Wildman–Crippen MR) is 86.6 cm³/mol. The lowest BCUT2D eigenvalue weighted by Crippen LogP contribution is -1.92. The summed E-state index contributed by atoms with van der Waals surface area (Å²) in [7, 11) is 0. The van der Waals surface area contributed by atoms with Gasteiger partial charge in [-0.25, -0.2) is 8.78 Å². The highest BCUT2D eigenvalue weighted by molar-refractivity contribution is 9.10. The number of benzene rings is 3. The first-order chi connectivity index (χ1) is 10.6. The Bertz CT molecular complexity index is 829. The molecule has 0 saturated heterocycles. The molecule has 4 heteroatoms. The SMILES string of the molecule is Oc1ccc(-c2c(-c3ccccc3F)ccc(F)c2Br)cc1. The van der Waals surface area contributed by atoms with Gasteiger partial charge in [0.15, 0.2) is 0 Å². The topological polar surface area (TPSA) is 20.2 Å². The molecule has 0 aliphatic rings. The normalized spacial score (nSPS) is 10.7. The molecule has 22 heavy (non-hydrogen) atoms. The Labute approximate surface area is 135 Å². The average molecular weight is 361 g/mol. The first kappa shape index (κ1) is 14.7. The van der Waals surface area contributed by atoms with Gasteiger partial charge in [0.1, 0.15) is 17.4 Å². The van der Waals surface area contributed by atoms with Gasteiger partial charge in [0.05, 0.1) is 4.47 Å². The van der Waals surface area contributed by atoms with Crippen molar-refractivity contribution in [3.63, 3.8) is 0 Å². The van der Waals surface area contributed by atoms with Crippen LogP contribution in [-0.4, -0.2) is 5.11 Å². The number of aromatic hydroxyl groups is 1. The number of hydrogen-bond donors (Lipinski definition) is 1. The highest BCUT2D eigenvalue weighted by atomic mass is 79.9. The van der Waals surface area contributed by atoms with E-state index in [9.17, 15) is 13.9 Å². The summed E-state index contributed by atoms with van der Waals surface area (Å²) in [5, 5.41) is 9.41. The van der Waals surface area contributed by atoms with Crippen LogP contribution in [0.25, 0.3) is 22.3 Å². The van der Waals surface area contributed by atoms with Crippen molar-refractivity contribution in [1.82, 2.24) is 0 Å². The molecule has 0 saturated carbocycles. The van der Waals surface area contributed by atoms with Crippen molar-refractivity contribution < 1.29 is 13.9 Å². The van der Waals surface area contributed by atoms with Crippen molar-refractivity contribution >= 4 is 15.9 Å². The third-order valence-electron chi connectivity index (χ3n) is 3.41. The van der Waals surface area contributed by atoms with E-state index in [1.54, 1.807) is 36.4 Å². The van der Waals surface area contributed by atoms with E-state index in [0.29, 0.717) is 22.3 Å². The van der Waals surface area contributed by atoms with Gasteiger partial charge in [-0.05, 0) is 51.3 Å². The molecule has 3 rings (SSSR count). The molecule has 0 aromatic heterocycles. The second-order valence-corrected chi connectivity index (χ2v) is 5.60. The molecular weight excluding hydrogens is 350 g/mol. The van der Waals surface area contributed by atoms with Gasteiger partial charge >= 0.3 is 0 Å². The van der Waals surface area contributed by atoms with E-state index in [1.165, 1.54) is 24.3 Å². The van der Waals surface area contributed by atoms with Crippen molar-refractivity contribution in [2.75, 3.05) is 0 Å². The molecule has 0 spiro atoms. The monoisotopic (exact) mass is 360 g/mol. The van der Waals surface area contributed by atoms with Gasteiger partial charge in [0, 0.05) is 11.1 Å². The minimum absolute atomic E-state index is 0.115. The van der Waals surface area contributed by atoms with E-state index >= 15 is 0 Å². The van der Waals surface area contributed by atoms with E-state index in [2.05, 4.69) is 15.9 Å². The second kappa shape index (κ2) is 5.89. The van der Waals surface area contributed by atoms with Gasteiger partial charge in [-0.1, -0.05) is 36.4 Å². The molecule has 0 radical (unpaired) electrons. The number of hydrogen-bond acceptors (Lipinski definition) is 1. The Hall–Kier alpha value is -2.20. The van der Waals surface area contributed by atoms with E-state index in [-0.39, 0.29) is 16.0 Å². The molecule has 0 fully saturated rings. The molecule has 110 valence electrons. The molecular formula is C18H11BrF2O. The Kier molecular flexibility index (Phi) is 3.94. The largest absolute Gasteiger partial charge is 0.508 e. The Morgan fingerprint density at radius 3 is 2.09 bits per heavy atom. The molecule has 3 aromatic carbocycles. The third-order valence-corrected chi connectivity index (χ3v) is 4.19. The smallest absolute Gasteiger partial charge is 0.138 e. The molecule has 3 aromatic rings. The van der Waals surface area contributed by atoms with Crippen LogP contribution in [0.5, 0.6) is 5.75 Å². The van der Waals surface area contributed by atoms with Gasteiger partial charge in [-0.15, -0.1) is 0 Å². The van der Waals surface area contributed by atoms with Gasteiger partial charge in [0.2, 0.25) is 0 Å². The quantitative estimate of drug-likeness (QED) is 0.615. The lowest BCUT2D eigenvalue weighted by molar-refractivity contribution is 0.475. The first-order valence-corrected chi connectivity index (χ1v) is 7.39. The fourth-order valence-electron chi connectivity index (χ4n) is 2.37. The lowest BCUT2D eigenvalue weighted by atomic mass is 9.94. The third kappa shape index (κ3) is 2.62. The first-order valence-electron chi connectivity index (χ1n) is 6.60. The Balaban J connectivity index is 2.30. The Morgan fingerprint density at radius 2 is 1.41 bits per heavy atom. The van der Waals surface area contributed by atoms with E-state index in [4.69, 9.17) is 0 Å². The second-order valence-electron chi connectivity index (χ2n) is 4.81. The zero-order valence-electron chi connectivity index (χ0n) is 11.4. The average Bonchev–Trinajstić information content (AvgIpc) is 2.52. The van der Waals surface area contributed by atoms with Crippen LogP contribution < -0.4 is 0 Å². The van der Waals surface area contributed by atoms with Crippen molar-refractivity contribution in [1.29, 1.82) is 0 Å². The van der Waals surface area contributed by atoms with Crippen LogP contribution in [0, 0.1) is 11.6 Å². The molecule has 0 aliphatic carbocycles. The maximum atomic E-state index is 14.1. The number of phenolic OH excluding ortho intramolecular Hbond substituents is 1. The zero-order valence-corrected chi connectivity index (χ0v) is 12.9. The van der Waals surface area contributed by atoms with E-state index in [1.807, 2.05) is 0 Å². The minimum atomic E-state index is -0.428. The summed E-state index contributed by atoms with van der Waals surface area (Å²) in [6, 6.07) is 15.6. The lowest BCUT2D eigenvalue weighted by Gasteiger charge is -2.14. The molecule has 0 amide bonds. The van der Waals surface area contributed by atoms with Crippen LogP contribution in [0.3, 0.4) is 0 Å². The number of phenols is 1. The summed E-state index contributed by atoms with van der Waals surface area (Å²) in [6.45, 7) is 0. The fourth-order valence-corrected chi connectivity index (χ4v) is 2.94. The molecule has 0 aliphatic heterocycles. The van der Waals surface area contributed by atoms with E-state index in [0.717, 1.165) is 0 Å².